The Hall–Kier alpha value is -1.55. The first-order valence-electron chi connectivity index (χ1n) is 5.73. The van der Waals surface area contributed by atoms with Gasteiger partial charge in [-0.2, -0.15) is 0 Å². The van der Waals surface area contributed by atoms with E-state index in [1.165, 1.54) is 0 Å². The third-order valence-electron chi connectivity index (χ3n) is 2.92. The zero-order chi connectivity index (χ0) is 13.4. The monoisotopic (exact) mass is 292 g/mol. The van der Waals surface area contributed by atoms with Gasteiger partial charge in [0.25, 0.3) is 0 Å². The summed E-state index contributed by atoms with van der Waals surface area (Å²) in [5, 5.41) is 11.2. The molecule has 0 aliphatic rings. The molecule has 0 amide bonds. The van der Waals surface area contributed by atoms with Crippen LogP contribution in [0.1, 0.15) is 17.5 Å². The van der Waals surface area contributed by atoms with Gasteiger partial charge in [0.2, 0.25) is 0 Å². The lowest BCUT2D eigenvalue weighted by Crippen LogP contribution is -2.01. The fourth-order valence-corrected chi connectivity index (χ4v) is 2.27. The smallest absolute Gasteiger partial charge is 0.140 e. The molecule has 0 radical (unpaired) electrons. The zero-order valence-electron chi connectivity index (χ0n) is 9.77. The number of aromatic nitrogens is 2. The number of rotatable bonds is 2. The minimum absolute atomic E-state index is 0.446. The normalized spacial score (nSPS) is 12.8. The molecule has 0 saturated carbocycles. The highest BCUT2D eigenvalue weighted by molar-refractivity contribution is 6.42. The Morgan fingerprint density at radius 3 is 2.47 bits per heavy atom. The van der Waals surface area contributed by atoms with Gasteiger partial charge in [0.15, 0.2) is 0 Å². The number of aliphatic hydroxyl groups is 1. The molecule has 1 heterocycles. The number of hydrogen-bond acceptors (Lipinski definition) is 2. The van der Waals surface area contributed by atoms with E-state index in [1.54, 1.807) is 12.1 Å². The minimum Gasteiger partial charge on any atom is -0.380 e. The van der Waals surface area contributed by atoms with Crippen molar-refractivity contribution in [3.05, 3.63) is 63.9 Å². The van der Waals surface area contributed by atoms with Gasteiger partial charge in [-0.1, -0.05) is 53.5 Å². The van der Waals surface area contributed by atoms with Crippen LogP contribution < -0.4 is 0 Å². The molecular weight excluding hydrogens is 283 g/mol. The Kier molecular flexibility index (Phi) is 3.19. The van der Waals surface area contributed by atoms with E-state index in [0.29, 0.717) is 21.4 Å². The van der Waals surface area contributed by atoms with Gasteiger partial charge in [0, 0.05) is 0 Å². The van der Waals surface area contributed by atoms with E-state index in [2.05, 4.69) is 9.97 Å². The standard InChI is InChI=1S/C14H10Cl2N2O/c15-9-6-11-12(7-10(9)16)18-14(17-11)13(19)8-4-2-1-3-5-8/h1-7,13,19H,(H,17,18)/t13-/m1/s1. The number of aliphatic hydroxyl groups excluding tert-OH is 1. The highest BCUT2D eigenvalue weighted by Crippen LogP contribution is 2.28. The number of fused-ring (bicyclic) bond motifs is 1. The zero-order valence-corrected chi connectivity index (χ0v) is 11.3. The average molecular weight is 293 g/mol. The van der Waals surface area contributed by atoms with Gasteiger partial charge >= 0.3 is 0 Å². The topological polar surface area (TPSA) is 48.9 Å². The Balaban J connectivity index is 2.06. The van der Waals surface area contributed by atoms with Gasteiger partial charge in [-0.3, -0.25) is 0 Å². The molecule has 0 fully saturated rings. The Labute approximate surface area is 119 Å². The maximum Gasteiger partial charge on any atom is 0.140 e. The molecule has 2 aromatic carbocycles. The minimum atomic E-state index is -0.800. The van der Waals surface area contributed by atoms with Crippen molar-refractivity contribution >= 4 is 34.2 Å². The lowest BCUT2D eigenvalue weighted by atomic mass is 10.1. The van der Waals surface area contributed by atoms with E-state index >= 15 is 0 Å². The van der Waals surface area contributed by atoms with Crippen molar-refractivity contribution in [1.82, 2.24) is 9.97 Å². The summed E-state index contributed by atoms with van der Waals surface area (Å²) >= 11 is 11.9. The molecule has 2 N–H and O–H groups in total. The first-order valence-corrected chi connectivity index (χ1v) is 6.48. The van der Waals surface area contributed by atoms with Gasteiger partial charge in [-0.15, -0.1) is 0 Å². The van der Waals surface area contributed by atoms with Crippen LogP contribution in [-0.2, 0) is 0 Å². The number of benzene rings is 2. The molecule has 0 aliphatic carbocycles. The molecule has 0 spiro atoms. The molecule has 3 aromatic rings. The summed E-state index contributed by atoms with van der Waals surface area (Å²) in [5.41, 5.74) is 2.21. The van der Waals surface area contributed by atoms with Crippen LogP contribution in [0, 0.1) is 0 Å². The van der Waals surface area contributed by atoms with Crippen molar-refractivity contribution in [3.63, 3.8) is 0 Å². The molecule has 0 bridgehead atoms. The van der Waals surface area contributed by atoms with Crippen LogP contribution in [0.15, 0.2) is 42.5 Å². The Morgan fingerprint density at radius 2 is 1.74 bits per heavy atom. The summed E-state index contributed by atoms with van der Waals surface area (Å²) in [4.78, 5) is 7.40. The quantitative estimate of drug-likeness (QED) is 0.751. The number of aromatic amines is 1. The van der Waals surface area contributed by atoms with E-state index in [-0.39, 0.29) is 0 Å². The van der Waals surface area contributed by atoms with Gasteiger partial charge in [-0.05, 0) is 17.7 Å². The van der Waals surface area contributed by atoms with Gasteiger partial charge in [0.1, 0.15) is 11.9 Å². The van der Waals surface area contributed by atoms with Crippen LogP contribution in [0.3, 0.4) is 0 Å². The fraction of sp³-hybridized carbons (Fsp3) is 0.0714. The second kappa shape index (κ2) is 4.85. The summed E-state index contributed by atoms with van der Waals surface area (Å²) in [6.07, 6.45) is -0.800. The van der Waals surface area contributed by atoms with Crippen LogP contribution in [0.25, 0.3) is 11.0 Å². The maximum atomic E-state index is 10.3. The van der Waals surface area contributed by atoms with E-state index < -0.39 is 6.10 Å². The highest BCUT2D eigenvalue weighted by Gasteiger charge is 2.15. The number of imidazole rings is 1. The second-order valence-electron chi connectivity index (χ2n) is 4.22. The van der Waals surface area contributed by atoms with Crippen molar-refractivity contribution < 1.29 is 5.11 Å². The first-order chi connectivity index (χ1) is 9.15. The molecule has 0 unspecified atom stereocenters. The highest BCUT2D eigenvalue weighted by atomic mass is 35.5. The molecule has 1 aromatic heterocycles. The number of halogens is 2. The maximum absolute atomic E-state index is 10.3. The van der Waals surface area contributed by atoms with Crippen molar-refractivity contribution in [3.8, 4) is 0 Å². The van der Waals surface area contributed by atoms with Crippen LogP contribution in [0.5, 0.6) is 0 Å². The second-order valence-corrected chi connectivity index (χ2v) is 5.03. The van der Waals surface area contributed by atoms with Gasteiger partial charge in [0.05, 0.1) is 21.1 Å². The summed E-state index contributed by atoms with van der Waals surface area (Å²) in [5.74, 6) is 0.472. The SMILES string of the molecule is O[C@H](c1ccccc1)c1nc2cc(Cl)c(Cl)cc2[nH]1. The van der Waals surface area contributed by atoms with E-state index in [1.807, 2.05) is 30.3 Å². The van der Waals surface area contributed by atoms with Crippen molar-refractivity contribution in [1.29, 1.82) is 0 Å². The van der Waals surface area contributed by atoms with Gasteiger partial charge < -0.3 is 10.1 Å². The largest absolute Gasteiger partial charge is 0.380 e. The van der Waals surface area contributed by atoms with Crippen molar-refractivity contribution in [2.45, 2.75) is 6.10 Å². The van der Waals surface area contributed by atoms with Crippen LogP contribution in [-0.4, -0.2) is 15.1 Å². The molecule has 0 saturated heterocycles. The summed E-state index contributed by atoms with van der Waals surface area (Å²) in [6, 6.07) is 12.7. The Morgan fingerprint density at radius 1 is 1.05 bits per heavy atom. The van der Waals surface area contributed by atoms with E-state index in [4.69, 9.17) is 23.2 Å². The van der Waals surface area contributed by atoms with Crippen molar-refractivity contribution in [2.24, 2.45) is 0 Å². The van der Waals surface area contributed by atoms with E-state index in [0.717, 1.165) is 11.1 Å². The third kappa shape index (κ3) is 2.32. The molecule has 3 nitrogen and oxygen atoms in total. The molecule has 96 valence electrons. The number of nitrogens with zero attached hydrogens (tertiary/aromatic N) is 1. The van der Waals surface area contributed by atoms with Crippen LogP contribution in [0.2, 0.25) is 10.0 Å². The molecule has 0 aliphatic heterocycles. The molecule has 1 atom stereocenters. The number of hydrogen-bond donors (Lipinski definition) is 2. The number of nitrogens with one attached hydrogen (secondary N) is 1. The summed E-state index contributed by atoms with van der Waals surface area (Å²) < 4.78 is 0. The predicted molar refractivity (Wildman–Crippen MR) is 76.6 cm³/mol. The van der Waals surface area contributed by atoms with E-state index in [9.17, 15) is 5.11 Å². The molecule has 3 rings (SSSR count). The molecular formula is C14H10Cl2N2O. The van der Waals surface area contributed by atoms with Crippen LogP contribution in [0.4, 0.5) is 0 Å². The average Bonchev–Trinajstić information content (AvgIpc) is 2.82. The Bertz CT molecular complexity index is 686. The molecule has 5 heteroatoms. The fourth-order valence-electron chi connectivity index (χ4n) is 1.95. The molecule has 19 heavy (non-hydrogen) atoms. The summed E-state index contributed by atoms with van der Waals surface area (Å²) in [6.45, 7) is 0. The summed E-state index contributed by atoms with van der Waals surface area (Å²) in [7, 11) is 0. The number of H-pyrrole nitrogens is 1. The van der Waals surface area contributed by atoms with Crippen LogP contribution >= 0.6 is 23.2 Å². The van der Waals surface area contributed by atoms with Gasteiger partial charge in [-0.25, -0.2) is 4.98 Å². The van der Waals surface area contributed by atoms with Crippen molar-refractivity contribution in [2.75, 3.05) is 0 Å². The lowest BCUT2D eigenvalue weighted by Gasteiger charge is -2.06. The third-order valence-corrected chi connectivity index (χ3v) is 3.64. The first kappa shape index (κ1) is 12.5. The lowest BCUT2D eigenvalue weighted by molar-refractivity contribution is 0.211. The predicted octanol–water partition coefficient (Wildman–Crippen LogP) is 3.95.